The summed E-state index contributed by atoms with van der Waals surface area (Å²) in [6.07, 6.45) is 12.9. The van der Waals surface area contributed by atoms with E-state index in [0.717, 1.165) is 44.1 Å². The number of rotatable bonds is 37. The van der Waals surface area contributed by atoms with E-state index in [-0.39, 0.29) is 118 Å². The van der Waals surface area contributed by atoms with Gasteiger partial charge in [-0.25, -0.2) is 14.4 Å². The van der Waals surface area contributed by atoms with Crippen LogP contribution in [0, 0.1) is 109 Å². The van der Waals surface area contributed by atoms with Crippen LogP contribution in [0.3, 0.4) is 0 Å². The number of carbonyl (C=O) groups excluding carboxylic acids is 8. The molecule has 0 aromatic heterocycles. The molecule has 10 unspecified atom stereocenters. The lowest BCUT2D eigenvalue weighted by Crippen LogP contribution is -2.78. The van der Waals surface area contributed by atoms with E-state index in [1.54, 1.807) is 69.2 Å². The monoisotopic (exact) mass is 1790 g/mol. The van der Waals surface area contributed by atoms with Crippen LogP contribution in [0.25, 0.3) is 0 Å². The largest absolute Gasteiger partial charge is 0.513 e. The summed E-state index contributed by atoms with van der Waals surface area (Å²) in [4.78, 5) is 117. The number of carbonyl (C=O) groups is 8. The van der Waals surface area contributed by atoms with Crippen LogP contribution in [-0.4, -0.2) is 218 Å². The molecule has 31 heteroatoms. The van der Waals surface area contributed by atoms with Crippen LogP contribution >= 0.6 is 0 Å². The highest BCUT2D eigenvalue weighted by molar-refractivity contribution is 5.98. The number of nitro benzene ring substituents is 1. The topological polar surface area (TPSA) is 441 Å². The van der Waals surface area contributed by atoms with E-state index in [9.17, 15) is 84.2 Å². The molecular weight excluding hydrogens is 1650 g/mol. The van der Waals surface area contributed by atoms with Gasteiger partial charge in [-0.1, -0.05) is 204 Å². The molecule has 31 nitrogen and oxygen atoms in total. The normalized spacial score (nSPS) is 36.7. The fourth-order valence-corrected chi connectivity index (χ4v) is 24.9. The van der Waals surface area contributed by atoms with Crippen molar-refractivity contribution in [1.29, 1.82) is 0 Å². The summed E-state index contributed by atoms with van der Waals surface area (Å²) in [6, 6.07) is 5.17. The molecule has 6 aliphatic carbocycles. The van der Waals surface area contributed by atoms with Crippen LogP contribution in [-0.2, 0) is 85.6 Å². The standard InChI is InChI=1S/C49H78O14.C30H44O9.C17H23NO7/c1-9-10-11-12-13-14-15-16-17-18-19-20-21-22-38-57-26-33(60-38)27-58-45(54)63-42-35(50)23-31(6)34-24-36-47-28-59-49(56,44(47)46(34,42)8)41(52)32(7)39(47)40(43(53)61-36)62-37(51)25-48(55,29(2)3)30(4)5;1-13(2)29(36,14(3)4)11-17(31)9-18-22-16(6)23(33)30(37)26-27(7)19(15(5)8-20(32)24(27)34)10-21(39-25(18)35)28(22,26)12-38-30;1-2-3-4-5-6-16-22-11-15(24-16)12-23-17(19)25-14-9-7-13(8-10-14)18(20)21/h23,29-30,32-34,36,38-42,44,52,55-56H,9-22,24-28H2,1-8H3;8,13-14,16,18-19,21-24,26,33-34,36-37H,9-12H2,1-7H3;7-10,15-16H,2-6,11-12H2,1H3/t32-,33?,34+,36-,38?,39?,40?,41-,42-,44?,46-,47+,49-;16-,18?,19+,21-,22?,23-,24-,26?,27-,28+,30-;/m11./s1. The van der Waals surface area contributed by atoms with E-state index in [1.807, 2.05) is 27.7 Å². The van der Waals surface area contributed by atoms with Crippen molar-refractivity contribution >= 4 is 53.3 Å². The van der Waals surface area contributed by atoms with Gasteiger partial charge in [0.2, 0.25) is 6.10 Å². The SMILES string of the molecule is CC1=CC(=O)[C@@H](O)[C@]2(C)C3[C@]45CO[C@]3(O)[C@H](O)[C@H](C)C4C(CC(=O)CC(O)(C(C)C)C(C)C)C(=O)O[C@@H]5C[C@@H]12.CCCCCCC1OCC(COC(=O)Oc2ccc([N+](=O)[O-])cc2)O1.CCCCCCCCCCCCCCCC1OCC(COC(=O)O[C@@H]2C(=O)C=C(C)[C@@H]3C[C@H]4OC(=O)C(OC(=O)CC(O)(C(C)C)C(C)C)C5[C@@H](C)[C@@H](O)[C@@]6(O)OC[C@@]54C6[C@@]23C)O1. The number of benzene rings is 1. The third-order valence-electron chi connectivity index (χ3n) is 31.7. The van der Waals surface area contributed by atoms with E-state index in [0.29, 0.717) is 18.6 Å². The average Bonchev–Trinajstić information content (AvgIpc) is 1.53. The van der Waals surface area contributed by atoms with Crippen LogP contribution in [0.2, 0.25) is 0 Å². The van der Waals surface area contributed by atoms with Crippen molar-refractivity contribution in [1.82, 2.24) is 0 Å². The Balaban J connectivity index is 0.000000206. The van der Waals surface area contributed by atoms with Crippen molar-refractivity contribution < 1.29 is 141 Å². The molecule has 127 heavy (non-hydrogen) atoms. The molecule has 7 N–H and O–H groups in total. The van der Waals surface area contributed by atoms with Crippen LogP contribution in [0.15, 0.2) is 47.6 Å². The number of hydrogen-bond acceptors (Lipinski definition) is 30. The lowest BCUT2D eigenvalue weighted by molar-refractivity contribution is -0.384. The summed E-state index contributed by atoms with van der Waals surface area (Å²) in [6.45, 7) is 29.8. The number of allylic oxidation sites excluding steroid dienone is 2. The summed E-state index contributed by atoms with van der Waals surface area (Å²) >= 11 is 0. The van der Waals surface area contributed by atoms with Crippen molar-refractivity contribution in [3.63, 3.8) is 0 Å². The number of aliphatic hydroxyl groups excluding tert-OH is 3. The Morgan fingerprint density at radius 2 is 0.992 bits per heavy atom. The Labute approximate surface area is 747 Å². The van der Waals surface area contributed by atoms with Gasteiger partial charge in [0.25, 0.3) is 5.69 Å². The van der Waals surface area contributed by atoms with Crippen molar-refractivity contribution in [2.45, 2.75) is 355 Å². The molecule has 13 rings (SSSR count). The van der Waals surface area contributed by atoms with E-state index in [4.69, 9.17) is 61.6 Å². The van der Waals surface area contributed by atoms with Crippen molar-refractivity contribution in [2.75, 3.05) is 39.6 Å². The number of ketones is 3. The highest BCUT2D eigenvalue weighted by Crippen LogP contribution is 2.76. The second-order valence-corrected chi connectivity index (χ2v) is 40.6. The molecule has 0 amide bonds. The molecule has 12 aliphatic rings. The highest BCUT2D eigenvalue weighted by Gasteiger charge is 2.86. The summed E-state index contributed by atoms with van der Waals surface area (Å²) in [5.41, 5.74) is -6.26. The molecule has 4 bridgehead atoms. The van der Waals surface area contributed by atoms with E-state index < -0.39 is 194 Å². The van der Waals surface area contributed by atoms with Gasteiger partial charge >= 0.3 is 30.2 Å². The fourth-order valence-electron chi connectivity index (χ4n) is 24.9. The quantitative estimate of drug-likeness (QED) is 0.00812. The summed E-state index contributed by atoms with van der Waals surface area (Å²) in [5, 5.41) is 92.6. The second kappa shape index (κ2) is 41.4. The van der Waals surface area contributed by atoms with Crippen molar-refractivity contribution in [3.05, 3.63) is 57.7 Å². The lowest BCUT2D eigenvalue weighted by atomic mass is 9.37. The van der Waals surface area contributed by atoms with Crippen LogP contribution in [0.5, 0.6) is 5.75 Å². The number of unbranched alkanes of at least 4 members (excludes halogenated alkanes) is 15. The average molecular weight is 1790 g/mol. The fraction of sp³-hybridized carbons (Fsp3) is 0.812. The van der Waals surface area contributed by atoms with Gasteiger partial charge in [0, 0.05) is 64.4 Å². The van der Waals surface area contributed by atoms with Gasteiger partial charge in [-0.15, -0.1) is 0 Å². The highest BCUT2D eigenvalue weighted by atomic mass is 16.8. The smallest absolute Gasteiger partial charge is 0.461 e. The molecule has 1 aromatic carbocycles. The number of esters is 3. The number of fused-ring (bicyclic) bond motifs is 2. The Kier molecular flexibility index (Phi) is 32.9. The number of aliphatic hydroxyl groups is 7. The maximum Gasteiger partial charge on any atom is 0.513 e. The molecule has 10 fully saturated rings. The van der Waals surface area contributed by atoms with Gasteiger partial charge in [0.1, 0.15) is 67.5 Å². The molecule has 6 heterocycles. The molecule has 2 spiro atoms. The number of non-ortho nitro benzene ring substituents is 1. The van der Waals surface area contributed by atoms with Gasteiger partial charge in [-0.3, -0.25) is 34.1 Å². The third kappa shape index (κ3) is 19.8. The van der Waals surface area contributed by atoms with E-state index in [2.05, 4.69) is 13.8 Å². The maximum absolute atomic E-state index is 14.1. The predicted octanol–water partition coefficient (Wildman–Crippen LogP) is 13.1. The predicted molar refractivity (Wildman–Crippen MR) is 458 cm³/mol. The van der Waals surface area contributed by atoms with Crippen LogP contribution < -0.4 is 4.74 Å². The number of Topliss-reactive ketones (excluding diaryl/α,β-unsaturated/α-hetero) is 1. The minimum absolute atomic E-state index is 0.0310. The lowest BCUT2D eigenvalue weighted by Gasteiger charge is -2.68. The summed E-state index contributed by atoms with van der Waals surface area (Å²) in [5.74, 6) is -15.5. The van der Waals surface area contributed by atoms with Crippen molar-refractivity contribution in [3.8, 4) is 5.75 Å². The molecule has 6 saturated heterocycles. The van der Waals surface area contributed by atoms with Gasteiger partial charge < -0.3 is 97.3 Å². The second-order valence-electron chi connectivity index (χ2n) is 40.6. The molecule has 26 atom stereocenters. The van der Waals surface area contributed by atoms with Gasteiger partial charge in [0.15, 0.2) is 41.8 Å². The zero-order chi connectivity index (χ0) is 93.0. The Morgan fingerprint density at radius 3 is 1.48 bits per heavy atom. The zero-order valence-electron chi connectivity index (χ0n) is 77.5. The van der Waals surface area contributed by atoms with Gasteiger partial charge in [-0.05, 0) is 130 Å². The van der Waals surface area contributed by atoms with E-state index in [1.165, 1.54) is 120 Å². The number of hydrogen-bond donors (Lipinski definition) is 7. The zero-order valence-corrected chi connectivity index (χ0v) is 77.5. The van der Waals surface area contributed by atoms with E-state index >= 15 is 0 Å². The van der Waals surface area contributed by atoms with Crippen LogP contribution in [0.1, 0.15) is 265 Å². The number of nitrogens with zero attached hydrogens (tertiary/aromatic N) is 1. The van der Waals surface area contributed by atoms with Gasteiger partial charge in [0.05, 0.1) is 54.9 Å². The Hall–Kier alpha value is -6.46. The van der Waals surface area contributed by atoms with Gasteiger partial charge in [-0.2, -0.15) is 0 Å². The Bertz CT molecular complexity index is 4070. The summed E-state index contributed by atoms with van der Waals surface area (Å²) in [7, 11) is 0. The number of ether oxygens (including phenoxy) is 13. The Morgan fingerprint density at radius 1 is 0.567 bits per heavy atom. The molecule has 6 aliphatic heterocycles. The maximum atomic E-state index is 14.1. The molecule has 4 saturated carbocycles. The molecule has 0 radical (unpaired) electrons. The first-order valence-electron chi connectivity index (χ1n) is 47.2. The molecule has 714 valence electrons. The first-order valence-corrected chi connectivity index (χ1v) is 47.2. The minimum Gasteiger partial charge on any atom is -0.461 e. The summed E-state index contributed by atoms with van der Waals surface area (Å²) < 4.78 is 74.9. The minimum atomic E-state index is -2.25. The molecule has 1 aromatic rings. The first kappa shape index (κ1) is 101. The first-order chi connectivity index (χ1) is 59.9. The number of nitro groups is 1. The van der Waals surface area contributed by atoms with Crippen molar-refractivity contribution in [2.24, 2.45) is 98.6 Å². The van der Waals surface area contributed by atoms with Crippen LogP contribution in [0.4, 0.5) is 15.3 Å². The molecular formula is C96H145NO30. The third-order valence-corrected chi connectivity index (χ3v) is 31.7.